The standard InChI is InChI=1S/C21H28N4O/c1-16-8-4-5-9-17(16)14-20(26)24-12-7-10-18(15-24)21-23-22-19-11-3-2-6-13-25(19)21/h4-5,8-9,18H,2-3,6-7,10-15H2,1H3. The molecule has 1 atom stereocenters. The zero-order valence-electron chi connectivity index (χ0n) is 15.7. The van der Waals surface area contributed by atoms with E-state index < -0.39 is 0 Å². The summed E-state index contributed by atoms with van der Waals surface area (Å²) in [7, 11) is 0. The highest BCUT2D eigenvalue weighted by Gasteiger charge is 2.29. The Labute approximate surface area is 155 Å². The normalized spacial score (nSPS) is 20.5. The van der Waals surface area contributed by atoms with Crippen molar-refractivity contribution in [2.75, 3.05) is 13.1 Å². The van der Waals surface area contributed by atoms with E-state index in [1.165, 1.54) is 24.8 Å². The molecule has 1 aromatic carbocycles. The maximum absolute atomic E-state index is 12.9. The Morgan fingerprint density at radius 1 is 1.12 bits per heavy atom. The first-order chi connectivity index (χ1) is 12.7. The van der Waals surface area contributed by atoms with Gasteiger partial charge in [-0.1, -0.05) is 30.7 Å². The number of rotatable bonds is 3. The van der Waals surface area contributed by atoms with Crippen LogP contribution in [0.15, 0.2) is 24.3 Å². The number of hydrogen-bond donors (Lipinski definition) is 0. The number of nitrogens with zero attached hydrogens (tertiary/aromatic N) is 4. The molecule has 5 nitrogen and oxygen atoms in total. The number of benzene rings is 1. The van der Waals surface area contributed by atoms with Crippen LogP contribution in [-0.4, -0.2) is 38.7 Å². The van der Waals surface area contributed by atoms with Gasteiger partial charge in [-0.05, 0) is 43.7 Å². The van der Waals surface area contributed by atoms with E-state index in [4.69, 9.17) is 0 Å². The maximum Gasteiger partial charge on any atom is 0.227 e. The van der Waals surface area contributed by atoms with E-state index in [0.29, 0.717) is 12.3 Å². The molecular formula is C21H28N4O. The predicted molar refractivity (Wildman–Crippen MR) is 101 cm³/mol. The van der Waals surface area contributed by atoms with Crippen LogP contribution in [0.4, 0.5) is 0 Å². The third kappa shape index (κ3) is 3.53. The summed E-state index contributed by atoms with van der Waals surface area (Å²) in [4.78, 5) is 14.9. The van der Waals surface area contributed by atoms with Crippen LogP contribution >= 0.6 is 0 Å². The van der Waals surface area contributed by atoms with Gasteiger partial charge in [0.15, 0.2) is 0 Å². The van der Waals surface area contributed by atoms with Gasteiger partial charge in [0, 0.05) is 32.0 Å². The van der Waals surface area contributed by atoms with Gasteiger partial charge in [-0.3, -0.25) is 4.79 Å². The minimum atomic E-state index is 0.236. The first-order valence-corrected chi connectivity index (χ1v) is 9.96. The van der Waals surface area contributed by atoms with Gasteiger partial charge in [-0.2, -0.15) is 0 Å². The van der Waals surface area contributed by atoms with Crippen molar-refractivity contribution in [2.45, 2.75) is 64.3 Å². The lowest BCUT2D eigenvalue weighted by Crippen LogP contribution is -2.40. The molecule has 0 aliphatic carbocycles. The van der Waals surface area contributed by atoms with Crippen molar-refractivity contribution >= 4 is 5.91 Å². The number of likely N-dealkylation sites (tertiary alicyclic amines) is 1. The molecule has 2 aromatic rings. The predicted octanol–water partition coefficient (Wildman–Crippen LogP) is 3.26. The lowest BCUT2D eigenvalue weighted by molar-refractivity contribution is -0.131. The van der Waals surface area contributed by atoms with E-state index in [-0.39, 0.29) is 5.91 Å². The Morgan fingerprint density at radius 2 is 2.00 bits per heavy atom. The topological polar surface area (TPSA) is 51.0 Å². The highest BCUT2D eigenvalue weighted by molar-refractivity contribution is 5.79. The van der Waals surface area contributed by atoms with E-state index in [0.717, 1.165) is 56.1 Å². The summed E-state index contributed by atoms with van der Waals surface area (Å²) in [6.07, 6.45) is 7.38. The number of carbonyl (C=O) groups excluding carboxylic acids is 1. The second kappa shape index (κ2) is 7.60. The van der Waals surface area contributed by atoms with Crippen molar-refractivity contribution in [3.63, 3.8) is 0 Å². The molecule has 138 valence electrons. The van der Waals surface area contributed by atoms with Crippen LogP contribution in [0.25, 0.3) is 0 Å². The fraction of sp³-hybridized carbons (Fsp3) is 0.571. The van der Waals surface area contributed by atoms with Crippen LogP contribution in [0, 0.1) is 6.92 Å². The highest BCUT2D eigenvalue weighted by Crippen LogP contribution is 2.28. The fourth-order valence-electron chi connectivity index (χ4n) is 4.31. The molecule has 0 saturated carbocycles. The van der Waals surface area contributed by atoms with Crippen LogP contribution in [0.1, 0.15) is 60.8 Å². The Morgan fingerprint density at radius 3 is 2.88 bits per heavy atom. The summed E-state index contributed by atoms with van der Waals surface area (Å²) in [6.45, 7) is 4.75. The third-order valence-electron chi connectivity index (χ3n) is 5.88. The molecule has 1 saturated heterocycles. The molecule has 0 spiro atoms. The lowest BCUT2D eigenvalue weighted by atomic mass is 9.96. The first kappa shape index (κ1) is 17.3. The second-order valence-corrected chi connectivity index (χ2v) is 7.72. The van der Waals surface area contributed by atoms with Crippen molar-refractivity contribution in [3.8, 4) is 0 Å². The summed E-state index contributed by atoms with van der Waals surface area (Å²) in [5.74, 6) is 2.81. The molecule has 2 aliphatic heterocycles. The van der Waals surface area contributed by atoms with E-state index >= 15 is 0 Å². The van der Waals surface area contributed by atoms with Gasteiger partial charge in [0.2, 0.25) is 5.91 Å². The summed E-state index contributed by atoms with van der Waals surface area (Å²) < 4.78 is 2.34. The number of carbonyl (C=O) groups is 1. The van der Waals surface area contributed by atoms with Crippen molar-refractivity contribution in [2.24, 2.45) is 0 Å². The number of amides is 1. The van der Waals surface area contributed by atoms with E-state index in [2.05, 4.69) is 33.8 Å². The van der Waals surface area contributed by atoms with Crippen molar-refractivity contribution in [3.05, 3.63) is 47.0 Å². The molecule has 0 bridgehead atoms. The maximum atomic E-state index is 12.9. The molecule has 3 heterocycles. The molecule has 0 N–H and O–H groups in total. The van der Waals surface area contributed by atoms with E-state index in [9.17, 15) is 4.79 Å². The number of fused-ring (bicyclic) bond motifs is 1. The number of hydrogen-bond acceptors (Lipinski definition) is 3. The average molecular weight is 352 g/mol. The van der Waals surface area contributed by atoms with Crippen molar-refractivity contribution < 1.29 is 4.79 Å². The van der Waals surface area contributed by atoms with Crippen molar-refractivity contribution in [1.29, 1.82) is 0 Å². The molecular weight excluding hydrogens is 324 g/mol. The SMILES string of the molecule is Cc1ccccc1CC(=O)N1CCCC(c2nnc3n2CCCCC3)C1. The van der Waals surface area contributed by atoms with Crippen LogP contribution < -0.4 is 0 Å². The van der Waals surface area contributed by atoms with Crippen LogP contribution in [0.2, 0.25) is 0 Å². The molecule has 26 heavy (non-hydrogen) atoms. The Balaban J connectivity index is 1.47. The van der Waals surface area contributed by atoms with Crippen LogP contribution in [0.5, 0.6) is 0 Å². The molecule has 1 aromatic heterocycles. The minimum absolute atomic E-state index is 0.236. The van der Waals surface area contributed by atoms with Gasteiger partial charge < -0.3 is 9.47 Å². The second-order valence-electron chi connectivity index (χ2n) is 7.72. The molecule has 5 heteroatoms. The number of aryl methyl sites for hydroxylation is 2. The minimum Gasteiger partial charge on any atom is -0.342 e. The van der Waals surface area contributed by atoms with E-state index in [1.807, 2.05) is 17.0 Å². The van der Waals surface area contributed by atoms with Gasteiger partial charge in [-0.15, -0.1) is 10.2 Å². The largest absolute Gasteiger partial charge is 0.342 e. The van der Waals surface area contributed by atoms with E-state index in [1.54, 1.807) is 0 Å². The van der Waals surface area contributed by atoms with Crippen LogP contribution in [-0.2, 0) is 24.2 Å². The summed E-state index contributed by atoms with van der Waals surface area (Å²) in [6, 6.07) is 8.18. The molecule has 1 amide bonds. The molecule has 4 rings (SSSR count). The molecule has 2 aliphatic rings. The summed E-state index contributed by atoms with van der Waals surface area (Å²) in [5, 5.41) is 8.98. The zero-order chi connectivity index (χ0) is 17.9. The van der Waals surface area contributed by atoms with Crippen LogP contribution in [0.3, 0.4) is 0 Å². The quantitative estimate of drug-likeness (QED) is 0.852. The third-order valence-corrected chi connectivity index (χ3v) is 5.88. The van der Waals surface area contributed by atoms with Crippen molar-refractivity contribution in [1.82, 2.24) is 19.7 Å². The van der Waals surface area contributed by atoms with Gasteiger partial charge in [0.05, 0.1) is 6.42 Å². The summed E-state index contributed by atoms with van der Waals surface area (Å²) >= 11 is 0. The van der Waals surface area contributed by atoms with Gasteiger partial charge in [0.25, 0.3) is 0 Å². The van der Waals surface area contributed by atoms with Gasteiger partial charge in [-0.25, -0.2) is 0 Å². The van der Waals surface area contributed by atoms with Gasteiger partial charge in [0.1, 0.15) is 11.6 Å². The van der Waals surface area contributed by atoms with Gasteiger partial charge >= 0.3 is 0 Å². The Hall–Kier alpha value is -2.17. The summed E-state index contributed by atoms with van der Waals surface area (Å²) in [5.41, 5.74) is 2.33. The number of piperidine rings is 1. The molecule has 0 radical (unpaired) electrons. The Kier molecular flexibility index (Phi) is 5.05. The smallest absolute Gasteiger partial charge is 0.227 e. The molecule has 1 unspecified atom stereocenters. The fourth-order valence-corrected chi connectivity index (χ4v) is 4.31. The lowest BCUT2D eigenvalue weighted by Gasteiger charge is -2.32. The highest BCUT2D eigenvalue weighted by atomic mass is 16.2. The zero-order valence-corrected chi connectivity index (χ0v) is 15.7. The number of aromatic nitrogens is 3. The first-order valence-electron chi connectivity index (χ1n) is 9.96. The monoisotopic (exact) mass is 352 g/mol. The average Bonchev–Trinajstić information content (AvgIpc) is 2.92. The Bertz CT molecular complexity index is 782. The molecule has 1 fully saturated rings.